The lowest BCUT2D eigenvalue weighted by molar-refractivity contribution is -0.0319. The zero-order valence-electron chi connectivity index (χ0n) is 20.8. The second-order valence-electron chi connectivity index (χ2n) is 9.95. The number of hydrogen-bond acceptors (Lipinski definition) is 4. The first-order valence-corrected chi connectivity index (χ1v) is 11.5. The molecular weight excluding hydrogens is 386 g/mol. The molecule has 4 nitrogen and oxygen atoms in total. The predicted molar refractivity (Wildman–Crippen MR) is 129 cm³/mol. The summed E-state index contributed by atoms with van der Waals surface area (Å²) in [7, 11) is 0. The van der Waals surface area contributed by atoms with Crippen molar-refractivity contribution < 1.29 is 14.6 Å². The van der Waals surface area contributed by atoms with Crippen molar-refractivity contribution in [3.05, 3.63) is 34.4 Å². The van der Waals surface area contributed by atoms with Crippen molar-refractivity contribution in [2.75, 3.05) is 32.8 Å². The number of rotatable bonds is 8. The van der Waals surface area contributed by atoms with Gasteiger partial charge in [-0.2, -0.15) is 0 Å². The Morgan fingerprint density at radius 3 is 2.55 bits per heavy atom. The summed E-state index contributed by atoms with van der Waals surface area (Å²) >= 11 is 0. The van der Waals surface area contributed by atoms with Crippen molar-refractivity contribution in [2.24, 2.45) is 5.41 Å². The molecule has 0 amide bonds. The fraction of sp³-hybridized carbons (Fsp3) is 0.630. The molecule has 0 spiro atoms. The number of allylic oxidation sites excluding steroid dienone is 1. The molecule has 2 rings (SSSR count). The van der Waals surface area contributed by atoms with Crippen molar-refractivity contribution in [1.82, 2.24) is 4.90 Å². The summed E-state index contributed by atoms with van der Waals surface area (Å²) in [5.74, 6) is 7.68. The highest BCUT2D eigenvalue weighted by Crippen LogP contribution is 2.43. The fourth-order valence-corrected chi connectivity index (χ4v) is 3.78. The van der Waals surface area contributed by atoms with Crippen LogP contribution in [0.15, 0.2) is 12.2 Å². The summed E-state index contributed by atoms with van der Waals surface area (Å²) in [6.07, 6.45) is 5.85. The second kappa shape index (κ2) is 10.6. The number of phenolic OH excluding ortho intramolecular Hbond substituents is 1. The Bertz CT molecular complexity index is 854. The maximum atomic E-state index is 10.4. The molecule has 1 aliphatic rings. The van der Waals surface area contributed by atoms with E-state index in [1.165, 1.54) is 0 Å². The van der Waals surface area contributed by atoms with Crippen LogP contribution in [0.4, 0.5) is 0 Å². The van der Waals surface area contributed by atoms with Gasteiger partial charge in [0.15, 0.2) is 0 Å². The summed E-state index contributed by atoms with van der Waals surface area (Å²) in [6, 6.07) is 0. The van der Waals surface area contributed by atoms with Crippen molar-refractivity contribution >= 4 is 0 Å². The minimum Gasteiger partial charge on any atom is -0.507 e. The number of hydrogen-bond donors (Lipinski definition) is 1. The molecule has 0 saturated carbocycles. The third-order valence-electron chi connectivity index (χ3n) is 6.01. The van der Waals surface area contributed by atoms with Crippen LogP contribution < -0.4 is 4.74 Å². The Balaban J connectivity index is 1.86. The SMILES string of the molecule is CCN(C/C=C/C#CC(C)(C)C)CCOCC1(C)CCc2c(C)c(O)c(C)c(C)c2O1. The number of ether oxygens (including phenoxy) is 2. The first kappa shape index (κ1) is 25.3. The van der Waals surface area contributed by atoms with Crippen molar-refractivity contribution in [1.29, 1.82) is 0 Å². The van der Waals surface area contributed by atoms with E-state index in [2.05, 4.69) is 57.4 Å². The highest BCUT2D eigenvalue weighted by Gasteiger charge is 2.34. The number of nitrogens with zero attached hydrogens (tertiary/aromatic N) is 1. The maximum absolute atomic E-state index is 10.4. The zero-order valence-corrected chi connectivity index (χ0v) is 20.8. The first-order valence-electron chi connectivity index (χ1n) is 11.5. The van der Waals surface area contributed by atoms with Gasteiger partial charge in [0.25, 0.3) is 0 Å². The molecule has 1 aromatic rings. The van der Waals surface area contributed by atoms with Gasteiger partial charge in [0.2, 0.25) is 0 Å². The Labute approximate surface area is 189 Å². The lowest BCUT2D eigenvalue weighted by Crippen LogP contribution is -2.42. The Morgan fingerprint density at radius 1 is 1.19 bits per heavy atom. The van der Waals surface area contributed by atoms with E-state index in [1.807, 2.05) is 26.8 Å². The van der Waals surface area contributed by atoms with Crippen LogP contribution in [0.5, 0.6) is 11.5 Å². The summed E-state index contributed by atoms with van der Waals surface area (Å²) < 4.78 is 12.5. The minimum absolute atomic E-state index is 0.0384. The third kappa shape index (κ3) is 7.02. The molecule has 1 atom stereocenters. The molecule has 0 fully saturated rings. The first-order chi connectivity index (χ1) is 14.5. The summed E-state index contributed by atoms with van der Waals surface area (Å²) in [5.41, 5.74) is 3.71. The van der Waals surface area contributed by atoms with Gasteiger partial charge in [-0.1, -0.05) is 24.8 Å². The maximum Gasteiger partial charge on any atom is 0.130 e. The van der Waals surface area contributed by atoms with Crippen molar-refractivity contribution in [3.63, 3.8) is 0 Å². The Kier molecular flexibility index (Phi) is 8.63. The van der Waals surface area contributed by atoms with E-state index in [4.69, 9.17) is 9.47 Å². The van der Waals surface area contributed by atoms with E-state index >= 15 is 0 Å². The van der Waals surface area contributed by atoms with Gasteiger partial charge in [0.1, 0.15) is 17.1 Å². The van der Waals surface area contributed by atoms with Gasteiger partial charge in [0.05, 0.1) is 13.2 Å². The highest BCUT2D eigenvalue weighted by atomic mass is 16.5. The largest absolute Gasteiger partial charge is 0.507 e. The number of phenols is 1. The molecule has 0 aliphatic carbocycles. The lowest BCUT2D eigenvalue weighted by Gasteiger charge is -2.37. The molecule has 1 heterocycles. The van der Waals surface area contributed by atoms with Gasteiger partial charge in [-0.25, -0.2) is 0 Å². The minimum atomic E-state index is -0.340. The molecule has 1 aromatic carbocycles. The molecule has 4 heteroatoms. The van der Waals surface area contributed by atoms with Crippen LogP contribution in [-0.4, -0.2) is 48.5 Å². The molecule has 1 N–H and O–H groups in total. The van der Waals surface area contributed by atoms with Gasteiger partial charge < -0.3 is 14.6 Å². The Hall–Kier alpha value is -1.96. The number of likely N-dealkylation sites (N-methyl/N-ethyl adjacent to an activating group) is 1. The van der Waals surface area contributed by atoms with E-state index in [9.17, 15) is 5.11 Å². The van der Waals surface area contributed by atoms with Crippen LogP contribution in [0.1, 0.15) is 63.3 Å². The second-order valence-corrected chi connectivity index (χ2v) is 9.95. The van der Waals surface area contributed by atoms with Crippen LogP contribution >= 0.6 is 0 Å². The predicted octanol–water partition coefficient (Wildman–Crippen LogP) is 5.35. The van der Waals surface area contributed by atoms with Crippen LogP contribution in [0.25, 0.3) is 0 Å². The number of fused-ring (bicyclic) bond motifs is 1. The third-order valence-corrected chi connectivity index (χ3v) is 6.01. The van der Waals surface area contributed by atoms with E-state index in [1.54, 1.807) is 0 Å². The molecule has 1 unspecified atom stereocenters. The average Bonchev–Trinajstić information content (AvgIpc) is 2.71. The standard InChI is InChI=1S/C27H41NO3/c1-9-28(16-12-10-11-14-26(5,6)7)17-18-30-19-27(8)15-13-23-22(4)24(29)20(2)21(3)25(23)31-27/h10,12,29H,9,13,15-19H2,1-8H3/b12-10+. The number of aromatic hydroxyl groups is 1. The van der Waals surface area contributed by atoms with Gasteiger partial charge in [-0.3, -0.25) is 4.90 Å². The van der Waals surface area contributed by atoms with Crippen molar-refractivity contribution in [3.8, 4) is 23.3 Å². The van der Waals surface area contributed by atoms with Gasteiger partial charge in [-0.05, 0) is 90.6 Å². The molecule has 1 aliphatic heterocycles. The van der Waals surface area contributed by atoms with Gasteiger partial charge in [-0.15, -0.1) is 0 Å². The molecule has 31 heavy (non-hydrogen) atoms. The molecule has 0 bridgehead atoms. The lowest BCUT2D eigenvalue weighted by atomic mass is 9.87. The fourth-order valence-electron chi connectivity index (χ4n) is 3.78. The van der Waals surface area contributed by atoms with E-state index in [0.29, 0.717) is 19.0 Å². The number of benzene rings is 1. The van der Waals surface area contributed by atoms with Crippen LogP contribution in [-0.2, 0) is 11.2 Å². The molecule has 0 radical (unpaired) electrons. The van der Waals surface area contributed by atoms with Crippen LogP contribution in [0.2, 0.25) is 0 Å². The quantitative estimate of drug-likeness (QED) is 0.449. The summed E-state index contributed by atoms with van der Waals surface area (Å²) in [6.45, 7) is 20.6. The molecule has 0 saturated heterocycles. The Morgan fingerprint density at radius 2 is 1.90 bits per heavy atom. The molecule has 172 valence electrons. The topological polar surface area (TPSA) is 41.9 Å². The van der Waals surface area contributed by atoms with Crippen LogP contribution in [0.3, 0.4) is 0 Å². The highest BCUT2D eigenvalue weighted by molar-refractivity contribution is 5.58. The normalized spacial score (nSPS) is 18.6. The van der Waals surface area contributed by atoms with Crippen molar-refractivity contribution in [2.45, 2.75) is 73.8 Å². The van der Waals surface area contributed by atoms with E-state index in [0.717, 1.165) is 60.5 Å². The molecule has 0 aromatic heterocycles. The summed E-state index contributed by atoms with van der Waals surface area (Å²) in [5, 5.41) is 10.4. The van der Waals surface area contributed by atoms with E-state index < -0.39 is 0 Å². The smallest absolute Gasteiger partial charge is 0.130 e. The van der Waals surface area contributed by atoms with E-state index in [-0.39, 0.29) is 11.0 Å². The summed E-state index contributed by atoms with van der Waals surface area (Å²) in [4.78, 5) is 2.34. The van der Waals surface area contributed by atoms with Gasteiger partial charge in [0, 0.05) is 24.1 Å². The average molecular weight is 428 g/mol. The molecular formula is C27H41NO3. The monoisotopic (exact) mass is 427 g/mol. The zero-order chi connectivity index (χ0) is 23.2. The van der Waals surface area contributed by atoms with Gasteiger partial charge >= 0.3 is 0 Å². The van der Waals surface area contributed by atoms with Crippen LogP contribution in [0, 0.1) is 38.0 Å².